The van der Waals surface area contributed by atoms with Crippen LogP contribution in [-0.2, 0) is 14.3 Å². The first-order valence-corrected chi connectivity index (χ1v) is 5.44. The van der Waals surface area contributed by atoms with Crippen molar-refractivity contribution in [2.75, 3.05) is 0 Å². The molecule has 0 aromatic carbocycles. The molecule has 4 heteroatoms. The predicted octanol–water partition coefficient (Wildman–Crippen LogP) is 2.73. The molecule has 1 aliphatic rings. The second-order valence-electron chi connectivity index (χ2n) is 4.20. The second kappa shape index (κ2) is 7.04. The lowest BCUT2D eigenvalue weighted by Gasteiger charge is -2.28. The maximum Gasteiger partial charge on any atom is 0.309 e. The minimum atomic E-state index is -0.618. The van der Waals surface area contributed by atoms with E-state index in [0.29, 0.717) is 0 Å². The van der Waals surface area contributed by atoms with E-state index in [0.717, 1.165) is 31.9 Å². The molecule has 0 radical (unpaired) electrons. The fraction of sp³-hybridized carbons (Fsp3) is 0.667. The van der Waals surface area contributed by atoms with Crippen LogP contribution in [0.25, 0.3) is 0 Å². The third-order valence-electron chi connectivity index (χ3n) is 2.72. The highest BCUT2D eigenvalue weighted by atomic mass is 16.5. The van der Waals surface area contributed by atoms with Crippen molar-refractivity contribution in [1.82, 2.24) is 0 Å². The number of carbonyl (C=O) groups excluding carboxylic acids is 1. The maximum absolute atomic E-state index is 10.7. The molecule has 0 aromatic heterocycles. The van der Waals surface area contributed by atoms with Gasteiger partial charge in [-0.05, 0) is 19.8 Å². The number of hydrogen-bond acceptors (Lipinski definition) is 3. The molecule has 0 atom stereocenters. The number of carboxylic acid groups (broad SMARTS) is 1. The third-order valence-corrected chi connectivity index (χ3v) is 2.72. The van der Waals surface area contributed by atoms with Crippen molar-refractivity contribution < 1.29 is 19.4 Å². The molecule has 0 bridgehead atoms. The first-order chi connectivity index (χ1) is 7.42. The van der Waals surface area contributed by atoms with E-state index < -0.39 is 11.4 Å². The van der Waals surface area contributed by atoms with Crippen LogP contribution in [0.4, 0.5) is 0 Å². The van der Waals surface area contributed by atoms with Gasteiger partial charge in [-0.3, -0.25) is 9.59 Å². The smallest absolute Gasteiger partial charge is 0.309 e. The van der Waals surface area contributed by atoms with E-state index in [1.165, 1.54) is 13.3 Å². The summed E-state index contributed by atoms with van der Waals surface area (Å²) in [5.41, 5.74) is -0.405. The van der Waals surface area contributed by atoms with Crippen LogP contribution in [0.5, 0.6) is 0 Å². The molecule has 0 aromatic rings. The van der Waals surface area contributed by atoms with Crippen molar-refractivity contribution in [3.8, 4) is 0 Å². The van der Waals surface area contributed by atoms with E-state index in [1.807, 2.05) is 6.92 Å². The Morgan fingerprint density at radius 1 is 1.31 bits per heavy atom. The average Bonchev–Trinajstić information content (AvgIpc) is 2.19. The van der Waals surface area contributed by atoms with E-state index in [1.54, 1.807) is 0 Å². The van der Waals surface area contributed by atoms with Gasteiger partial charge in [0.15, 0.2) is 0 Å². The predicted molar refractivity (Wildman–Crippen MR) is 60.8 cm³/mol. The van der Waals surface area contributed by atoms with Crippen LogP contribution in [0.1, 0.15) is 46.0 Å². The molecule has 92 valence electrons. The lowest BCUT2D eigenvalue weighted by Crippen LogP contribution is -2.29. The largest absolute Gasteiger partial charge is 0.481 e. The average molecular weight is 228 g/mol. The molecular formula is C12H20O4. The van der Waals surface area contributed by atoms with E-state index >= 15 is 0 Å². The third kappa shape index (κ3) is 5.53. The molecule has 0 unspecified atom stereocenters. The summed E-state index contributed by atoms with van der Waals surface area (Å²) in [5.74, 6) is -0.947. The van der Waals surface area contributed by atoms with Crippen LogP contribution in [-0.4, -0.2) is 17.0 Å². The van der Waals surface area contributed by atoms with Gasteiger partial charge in [0.05, 0.1) is 11.7 Å². The Hall–Kier alpha value is -1.32. The summed E-state index contributed by atoms with van der Waals surface area (Å²) in [6.07, 6.45) is 6.21. The summed E-state index contributed by atoms with van der Waals surface area (Å²) in [6, 6.07) is 0. The van der Waals surface area contributed by atoms with Crippen molar-refractivity contribution in [2.24, 2.45) is 5.41 Å². The first kappa shape index (κ1) is 14.7. The molecule has 1 aliphatic carbocycles. The van der Waals surface area contributed by atoms with E-state index in [2.05, 4.69) is 11.3 Å². The topological polar surface area (TPSA) is 63.6 Å². The molecule has 16 heavy (non-hydrogen) atoms. The molecule has 1 rings (SSSR count). The monoisotopic (exact) mass is 228 g/mol. The second-order valence-corrected chi connectivity index (χ2v) is 4.20. The molecule has 0 spiro atoms. The van der Waals surface area contributed by atoms with Crippen LogP contribution in [0.15, 0.2) is 12.8 Å². The Kier molecular flexibility index (Phi) is 6.46. The minimum Gasteiger partial charge on any atom is -0.481 e. The van der Waals surface area contributed by atoms with Crippen LogP contribution < -0.4 is 0 Å². The number of esters is 1. The first-order valence-electron chi connectivity index (χ1n) is 5.44. The molecule has 0 saturated heterocycles. The van der Waals surface area contributed by atoms with E-state index in [4.69, 9.17) is 5.11 Å². The summed E-state index contributed by atoms with van der Waals surface area (Å²) < 4.78 is 4.17. The summed E-state index contributed by atoms with van der Waals surface area (Å²) in [5, 5.41) is 8.80. The fourth-order valence-electron chi connectivity index (χ4n) is 1.66. The number of rotatable bonds is 2. The maximum atomic E-state index is 10.7. The summed E-state index contributed by atoms with van der Waals surface area (Å²) in [7, 11) is 0. The van der Waals surface area contributed by atoms with E-state index in [9.17, 15) is 9.59 Å². The molecule has 0 aliphatic heterocycles. The Labute approximate surface area is 96.3 Å². The van der Waals surface area contributed by atoms with Crippen molar-refractivity contribution in [1.29, 1.82) is 0 Å². The highest BCUT2D eigenvalue weighted by Gasteiger charge is 2.33. The standard InChI is InChI=1S/C8H14O2.C4H6O2/c1-8(7(9)10)5-3-2-4-6-8;1-3-6-4(2)5/h2-6H2,1H3,(H,9,10);3H,1H2,2H3. The van der Waals surface area contributed by atoms with Crippen molar-refractivity contribution >= 4 is 11.9 Å². The molecular weight excluding hydrogens is 208 g/mol. The van der Waals surface area contributed by atoms with Gasteiger partial charge in [-0.25, -0.2) is 0 Å². The Morgan fingerprint density at radius 3 is 2.00 bits per heavy atom. The molecule has 1 saturated carbocycles. The van der Waals surface area contributed by atoms with Crippen LogP contribution in [0.2, 0.25) is 0 Å². The molecule has 1 N–H and O–H groups in total. The van der Waals surface area contributed by atoms with Crippen molar-refractivity contribution in [3.63, 3.8) is 0 Å². The van der Waals surface area contributed by atoms with Gasteiger partial charge in [0.1, 0.15) is 0 Å². The highest BCUT2D eigenvalue weighted by Crippen LogP contribution is 2.35. The zero-order chi connectivity index (χ0) is 12.6. The van der Waals surface area contributed by atoms with Gasteiger partial charge in [-0.1, -0.05) is 25.8 Å². The molecule has 4 nitrogen and oxygen atoms in total. The number of carbonyl (C=O) groups is 2. The van der Waals surface area contributed by atoms with Gasteiger partial charge < -0.3 is 9.84 Å². The van der Waals surface area contributed by atoms with Crippen LogP contribution in [0, 0.1) is 5.41 Å². The number of carboxylic acids is 1. The van der Waals surface area contributed by atoms with Crippen LogP contribution in [0.3, 0.4) is 0 Å². The lowest BCUT2D eigenvalue weighted by atomic mass is 9.76. The normalized spacial score (nSPS) is 17.6. The zero-order valence-corrected chi connectivity index (χ0v) is 9.99. The minimum absolute atomic E-state index is 0.329. The van der Waals surface area contributed by atoms with Crippen molar-refractivity contribution in [3.05, 3.63) is 12.8 Å². The highest BCUT2D eigenvalue weighted by molar-refractivity contribution is 5.74. The molecule has 1 fully saturated rings. The number of ether oxygens (including phenoxy) is 1. The van der Waals surface area contributed by atoms with Gasteiger partial charge in [0.25, 0.3) is 0 Å². The number of hydrogen-bond donors (Lipinski definition) is 1. The molecule has 0 amide bonds. The SMILES string of the molecule is C=COC(C)=O.CC1(C(=O)O)CCCCC1. The Bertz CT molecular complexity index is 252. The summed E-state index contributed by atoms with van der Waals surface area (Å²) >= 11 is 0. The van der Waals surface area contributed by atoms with Gasteiger partial charge in [-0.15, -0.1) is 0 Å². The Balaban J connectivity index is 0.000000325. The summed E-state index contributed by atoms with van der Waals surface area (Å²) in [6.45, 7) is 6.33. The van der Waals surface area contributed by atoms with Crippen molar-refractivity contribution in [2.45, 2.75) is 46.0 Å². The Morgan fingerprint density at radius 2 is 1.81 bits per heavy atom. The lowest BCUT2D eigenvalue weighted by molar-refractivity contribution is -0.149. The van der Waals surface area contributed by atoms with Gasteiger partial charge >= 0.3 is 11.9 Å². The zero-order valence-electron chi connectivity index (χ0n) is 9.99. The number of aliphatic carboxylic acids is 1. The summed E-state index contributed by atoms with van der Waals surface area (Å²) in [4.78, 5) is 20.4. The molecule has 0 heterocycles. The fourth-order valence-corrected chi connectivity index (χ4v) is 1.66. The van der Waals surface area contributed by atoms with Gasteiger partial charge in [0.2, 0.25) is 0 Å². The van der Waals surface area contributed by atoms with E-state index in [-0.39, 0.29) is 5.97 Å². The van der Waals surface area contributed by atoms with Crippen LogP contribution >= 0.6 is 0 Å². The quantitative estimate of drug-likeness (QED) is 0.583. The van der Waals surface area contributed by atoms with Gasteiger partial charge in [-0.2, -0.15) is 0 Å². The van der Waals surface area contributed by atoms with Gasteiger partial charge in [0, 0.05) is 6.92 Å².